The Balaban J connectivity index is 1.63. The van der Waals surface area contributed by atoms with Crippen LogP contribution >= 0.6 is 11.6 Å². The largest absolute Gasteiger partial charge is 0.340 e. The molecule has 0 atom stereocenters. The SMILES string of the molecule is O=S(=O)(NC1CC1)c1cccc(Nc2nc(Cl)nc3c2CCC3)c1. The van der Waals surface area contributed by atoms with Gasteiger partial charge in [-0.3, -0.25) is 0 Å². The van der Waals surface area contributed by atoms with E-state index < -0.39 is 10.0 Å². The van der Waals surface area contributed by atoms with Crippen molar-refractivity contribution in [1.82, 2.24) is 14.7 Å². The molecule has 1 fully saturated rings. The number of nitrogens with one attached hydrogen (secondary N) is 2. The molecule has 2 aliphatic carbocycles. The number of fused-ring (bicyclic) bond motifs is 1. The van der Waals surface area contributed by atoms with Crippen molar-refractivity contribution in [3.63, 3.8) is 0 Å². The fourth-order valence-electron chi connectivity index (χ4n) is 2.87. The van der Waals surface area contributed by atoms with Crippen molar-refractivity contribution in [3.05, 3.63) is 40.8 Å². The van der Waals surface area contributed by atoms with Crippen molar-refractivity contribution in [2.75, 3.05) is 5.32 Å². The maximum absolute atomic E-state index is 12.3. The van der Waals surface area contributed by atoms with Gasteiger partial charge in [-0.05, 0) is 61.9 Å². The monoisotopic (exact) mass is 364 g/mol. The minimum atomic E-state index is -3.48. The van der Waals surface area contributed by atoms with Crippen molar-refractivity contribution in [2.45, 2.75) is 43.0 Å². The second kappa shape index (κ2) is 5.98. The van der Waals surface area contributed by atoms with Crippen LogP contribution in [0.4, 0.5) is 11.5 Å². The molecule has 1 saturated carbocycles. The van der Waals surface area contributed by atoms with Crippen LogP contribution in [0.25, 0.3) is 0 Å². The molecule has 0 unspecified atom stereocenters. The van der Waals surface area contributed by atoms with Gasteiger partial charge in [0.15, 0.2) is 0 Å². The number of hydrogen-bond acceptors (Lipinski definition) is 5. The fraction of sp³-hybridized carbons (Fsp3) is 0.375. The maximum Gasteiger partial charge on any atom is 0.240 e. The average Bonchev–Trinajstić information content (AvgIpc) is 3.20. The van der Waals surface area contributed by atoms with E-state index in [1.54, 1.807) is 18.2 Å². The lowest BCUT2D eigenvalue weighted by Gasteiger charge is -2.12. The van der Waals surface area contributed by atoms with E-state index in [1.807, 2.05) is 6.07 Å². The average molecular weight is 365 g/mol. The van der Waals surface area contributed by atoms with E-state index in [9.17, 15) is 8.42 Å². The molecule has 4 rings (SSSR count). The number of rotatable bonds is 5. The summed E-state index contributed by atoms with van der Waals surface area (Å²) in [5.41, 5.74) is 2.69. The molecule has 0 spiro atoms. The highest BCUT2D eigenvalue weighted by atomic mass is 35.5. The highest BCUT2D eigenvalue weighted by Gasteiger charge is 2.28. The van der Waals surface area contributed by atoms with E-state index in [4.69, 9.17) is 11.6 Å². The molecule has 126 valence electrons. The summed E-state index contributed by atoms with van der Waals surface area (Å²) in [6.45, 7) is 0. The van der Waals surface area contributed by atoms with E-state index in [0.29, 0.717) is 11.5 Å². The number of aryl methyl sites for hydroxylation is 1. The number of benzene rings is 1. The molecule has 0 bridgehead atoms. The Labute approximate surface area is 145 Å². The second-order valence-corrected chi connectivity index (χ2v) is 8.22. The van der Waals surface area contributed by atoms with Crippen LogP contribution in [0.2, 0.25) is 5.28 Å². The molecule has 2 N–H and O–H groups in total. The summed E-state index contributed by atoms with van der Waals surface area (Å²) < 4.78 is 27.4. The molecule has 0 amide bonds. The first-order chi connectivity index (χ1) is 11.5. The van der Waals surface area contributed by atoms with Crippen molar-refractivity contribution in [3.8, 4) is 0 Å². The van der Waals surface area contributed by atoms with Gasteiger partial charge in [0.2, 0.25) is 15.3 Å². The molecule has 8 heteroatoms. The minimum absolute atomic E-state index is 0.0792. The maximum atomic E-state index is 12.3. The van der Waals surface area contributed by atoms with E-state index in [0.717, 1.165) is 43.4 Å². The van der Waals surface area contributed by atoms with Crippen LogP contribution in [0.3, 0.4) is 0 Å². The molecule has 2 aliphatic rings. The van der Waals surface area contributed by atoms with Gasteiger partial charge in [0.05, 0.1) is 10.6 Å². The summed E-state index contributed by atoms with van der Waals surface area (Å²) in [7, 11) is -3.48. The van der Waals surface area contributed by atoms with Crippen molar-refractivity contribution >= 4 is 33.1 Å². The third kappa shape index (κ3) is 3.24. The first-order valence-electron chi connectivity index (χ1n) is 7.96. The zero-order valence-corrected chi connectivity index (χ0v) is 14.5. The van der Waals surface area contributed by atoms with Gasteiger partial charge in [0.25, 0.3) is 0 Å². The van der Waals surface area contributed by atoms with Gasteiger partial charge in [0.1, 0.15) is 5.82 Å². The van der Waals surface area contributed by atoms with E-state index in [-0.39, 0.29) is 16.2 Å². The van der Waals surface area contributed by atoms with Crippen LogP contribution in [0.1, 0.15) is 30.5 Å². The van der Waals surface area contributed by atoms with Crippen LogP contribution in [-0.4, -0.2) is 24.4 Å². The first kappa shape index (κ1) is 15.8. The summed E-state index contributed by atoms with van der Waals surface area (Å²) in [5, 5.41) is 3.40. The van der Waals surface area contributed by atoms with Gasteiger partial charge in [-0.1, -0.05) is 6.07 Å². The van der Waals surface area contributed by atoms with E-state index in [1.165, 1.54) is 0 Å². The zero-order chi connectivity index (χ0) is 16.7. The van der Waals surface area contributed by atoms with Gasteiger partial charge in [0, 0.05) is 17.3 Å². The molecule has 2 aromatic rings. The van der Waals surface area contributed by atoms with Crippen molar-refractivity contribution < 1.29 is 8.42 Å². The topological polar surface area (TPSA) is 84.0 Å². The smallest absolute Gasteiger partial charge is 0.240 e. The Bertz CT molecular complexity index is 897. The number of nitrogens with zero attached hydrogens (tertiary/aromatic N) is 2. The lowest BCUT2D eigenvalue weighted by Crippen LogP contribution is -2.25. The highest BCUT2D eigenvalue weighted by Crippen LogP contribution is 2.30. The molecule has 6 nitrogen and oxygen atoms in total. The molecule has 1 aromatic heterocycles. The molecule has 0 saturated heterocycles. The van der Waals surface area contributed by atoms with Crippen LogP contribution < -0.4 is 10.0 Å². The van der Waals surface area contributed by atoms with Gasteiger partial charge < -0.3 is 5.32 Å². The lowest BCUT2D eigenvalue weighted by molar-refractivity contribution is 0.581. The molecule has 0 aliphatic heterocycles. The Morgan fingerprint density at radius 3 is 2.79 bits per heavy atom. The van der Waals surface area contributed by atoms with Crippen LogP contribution in [0.5, 0.6) is 0 Å². The third-order valence-corrected chi connectivity index (χ3v) is 5.90. The normalized spacial score (nSPS) is 16.9. The van der Waals surface area contributed by atoms with Crippen LogP contribution in [0, 0.1) is 0 Å². The van der Waals surface area contributed by atoms with Gasteiger partial charge in [-0.2, -0.15) is 0 Å². The highest BCUT2D eigenvalue weighted by molar-refractivity contribution is 7.89. The Hall–Kier alpha value is -1.70. The lowest BCUT2D eigenvalue weighted by atomic mass is 10.2. The predicted octanol–water partition coefficient (Wildman–Crippen LogP) is 2.80. The summed E-state index contributed by atoms with van der Waals surface area (Å²) in [4.78, 5) is 8.78. The fourth-order valence-corrected chi connectivity index (χ4v) is 4.41. The molecule has 0 radical (unpaired) electrons. The molecule has 1 heterocycles. The second-order valence-electron chi connectivity index (χ2n) is 6.17. The summed E-state index contributed by atoms with van der Waals surface area (Å²) >= 11 is 5.99. The number of halogens is 1. The van der Waals surface area contributed by atoms with E-state index >= 15 is 0 Å². The first-order valence-corrected chi connectivity index (χ1v) is 9.82. The molecule has 24 heavy (non-hydrogen) atoms. The standard InChI is InChI=1S/C16H17ClN4O2S/c17-16-19-14-6-2-5-13(14)15(20-16)18-11-3-1-4-12(9-11)24(22,23)21-10-7-8-10/h1,3-4,9-10,21H,2,5-8H2,(H,18,19,20). The summed E-state index contributed by atoms with van der Waals surface area (Å²) in [5.74, 6) is 0.659. The van der Waals surface area contributed by atoms with Crippen molar-refractivity contribution in [2.24, 2.45) is 0 Å². The van der Waals surface area contributed by atoms with Gasteiger partial charge >= 0.3 is 0 Å². The summed E-state index contributed by atoms with van der Waals surface area (Å²) in [6.07, 6.45) is 4.63. The quantitative estimate of drug-likeness (QED) is 0.797. The molecular formula is C16H17ClN4O2S. The Morgan fingerprint density at radius 2 is 2.00 bits per heavy atom. The van der Waals surface area contributed by atoms with E-state index in [2.05, 4.69) is 20.0 Å². The summed E-state index contributed by atoms with van der Waals surface area (Å²) in [6, 6.07) is 6.81. The zero-order valence-electron chi connectivity index (χ0n) is 12.9. The molecule has 1 aromatic carbocycles. The molecular weight excluding hydrogens is 348 g/mol. The van der Waals surface area contributed by atoms with Crippen LogP contribution in [0.15, 0.2) is 29.2 Å². The van der Waals surface area contributed by atoms with Crippen LogP contribution in [-0.2, 0) is 22.9 Å². The minimum Gasteiger partial charge on any atom is -0.340 e. The number of anilines is 2. The van der Waals surface area contributed by atoms with Crippen molar-refractivity contribution in [1.29, 1.82) is 0 Å². The Morgan fingerprint density at radius 1 is 1.17 bits per heavy atom. The number of sulfonamides is 1. The van der Waals surface area contributed by atoms with Gasteiger partial charge in [-0.25, -0.2) is 23.1 Å². The number of hydrogen-bond donors (Lipinski definition) is 2. The third-order valence-electron chi connectivity index (χ3n) is 4.21. The van der Waals surface area contributed by atoms with Gasteiger partial charge in [-0.15, -0.1) is 0 Å². The Kier molecular flexibility index (Phi) is 3.94. The predicted molar refractivity (Wildman–Crippen MR) is 92.1 cm³/mol. The number of aromatic nitrogens is 2.